The first-order valence-electron chi connectivity index (χ1n) is 5.44. The Bertz CT molecular complexity index is 452. The van der Waals surface area contributed by atoms with Crippen molar-refractivity contribution in [3.8, 4) is 0 Å². The molecule has 1 amide bonds. The summed E-state index contributed by atoms with van der Waals surface area (Å²) in [6, 6.07) is 1.35. The second-order valence-electron chi connectivity index (χ2n) is 4.06. The summed E-state index contributed by atoms with van der Waals surface area (Å²) in [4.78, 5) is 13.4. The third-order valence-corrected chi connectivity index (χ3v) is 2.78. The maximum Gasteiger partial charge on any atom is 0.255 e. The SMILES string of the molecule is CC(C)N(CCO)C(=O)c1cc(F)c(F)cc1Cl. The molecule has 0 fully saturated rings. The molecule has 1 aromatic rings. The van der Waals surface area contributed by atoms with E-state index < -0.39 is 17.5 Å². The van der Waals surface area contributed by atoms with E-state index >= 15 is 0 Å². The molecule has 3 nitrogen and oxygen atoms in total. The van der Waals surface area contributed by atoms with Gasteiger partial charge < -0.3 is 10.0 Å². The summed E-state index contributed by atoms with van der Waals surface area (Å²) < 4.78 is 26.0. The summed E-state index contributed by atoms with van der Waals surface area (Å²) in [5.74, 6) is -2.77. The van der Waals surface area contributed by atoms with E-state index in [1.165, 1.54) is 4.90 Å². The van der Waals surface area contributed by atoms with Crippen LogP contribution in [0.15, 0.2) is 12.1 Å². The number of hydrogen-bond acceptors (Lipinski definition) is 2. The van der Waals surface area contributed by atoms with Crippen LogP contribution >= 0.6 is 11.6 Å². The lowest BCUT2D eigenvalue weighted by molar-refractivity contribution is 0.0665. The van der Waals surface area contributed by atoms with Crippen molar-refractivity contribution in [2.24, 2.45) is 0 Å². The zero-order valence-electron chi connectivity index (χ0n) is 10.1. The topological polar surface area (TPSA) is 40.5 Å². The van der Waals surface area contributed by atoms with E-state index in [0.29, 0.717) is 0 Å². The molecule has 100 valence electrons. The molecule has 0 unspecified atom stereocenters. The quantitative estimate of drug-likeness (QED) is 0.859. The molecule has 0 aliphatic rings. The maximum atomic E-state index is 13.1. The van der Waals surface area contributed by atoms with Gasteiger partial charge in [0.05, 0.1) is 17.2 Å². The number of carbonyl (C=O) groups excluding carboxylic acids is 1. The Morgan fingerprint density at radius 2 is 1.94 bits per heavy atom. The lowest BCUT2D eigenvalue weighted by atomic mass is 10.1. The fourth-order valence-electron chi connectivity index (χ4n) is 1.54. The summed E-state index contributed by atoms with van der Waals surface area (Å²) in [6.45, 7) is 3.39. The van der Waals surface area contributed by atoms with Crippen molar-refractivity contribution in [3.63, 3.8) is 0 Å². The van der Waals surface area contributed by atoms with Crippen LogP contribution in [0, 0.1) is 11.6 Å². The number of hydrogen-bond donors (Lipinski definition) is 1. The predicted molar refractivity (Wildman–Crippen MR) is 64.6 cm³/mol. The largest absolute Gasteiger partial charge is 0.395 e. The summed E-state index contributed by atoms with van der Waals surface area (Å²) in [5.41, 5.74) is -0.113. The molecule has 1 rings (SSSR count). The average molecular weight is 278 g/mol. The molecule has 0 spiro atoms. The molecule has 1 aromatic carbocycles. The zero-order chi connectivity index (χ0) is 13.9. The van der Waals surface area contributed by atoms with E-state index in [1.54, 1.807) is 13.8 Å². The Kier molecular flexibility index (Phi) is 5.04. The maximum absolute atomic E-state index is 13.1. The van der Waals surface area contributed by atoms with Gasteiger partial charge in [-0.25, -0.2) is 8.78 Å². The predicted octanol–water partition coefficient (Wildman–Crippen LogP) is 2.46. The van der Waals surface area contributed by atoms with Crippen LogP contribution in [-0.4, -0.2) is 35.1 Å². The molecule has 0 saturated heterocycles. The first-order valence-corrected chi connectivity index (χ1v) is 5.82. The number of nitrogens with zero attached hydrogens (tertiary/aromatic N) is 1. The molecule has 0 aromatic heterocycles. The van der Waals surface area contributed by atoms with Crippen molar-refractivity contribution in [2.45, 2.75) is 19.9 Å². The highest BCUT2D eigenvalue weighted by molar-refractivity contribution is 6.33. The number of carbonyl (C=O) groups is 1. The van der Waals surface area contributed by atoms with Crippen LogP contribution in [0.3, 0.4) is 0 Å². The highest BCUT2D eigenvalue weighted by Crippen LogP contribution is 2.22. The second kappa shape index (κ2) is 6.11. The molecule has 0 atom stereocenters. The fraction of sp³-hybridized carbons (Fsp3) is 0.417. The molecule has 0 bridgehead atoms. The van der Waals surface area contributed by atoms with Gasteiger partial charge in [0.25, 0.3) is 5.91 Å². The van der Waals surface area contributed by atoms with Gasteiger partial charge >= 0.3 is 0 Å². The Balaban J connectivity index is 3.12. The van der Waals surface area contributed by atoms with Gasteiger partial charge in [-0.15, -0.1) is 0 Å². The third-order valence-electron chi connectivity index (χ3n) is 2.47. The van der Waals surface area contributed by atoms with Crippen LogP contribution in [0.1, 0.15) is 24.2 Å². The van der Waals surface area contributed by atoms with Crippen LogP contribution in [0.5, 0.6) is 0 Å². The first-order chi connectivity index (χ1) is 8.38. The first kappa shape index (κ1) is 14.9. The van der Waals surface area contributed by atoms with Crippen molar-refractivity contribution in [1.82, 2.24) is 4.90 Å². The highest BCUT2D eigenvalue weighted by atomic mass is 35.5. The van der Waals surface area contributed by atoms with Gasteiger partial charge in [-0.3, -0.25) is 4.79 Å². The lowest BCUT2D eigenvalue weighted by Crippen LogP contribution is -2.39. The minimum Gasteiger partial charge on any atom is -0.395 e. The Labute approximate surface area is 109 Å². The number of rotatable bonds is 4. The van der Waals surface area contributed by atoms with Crippen molar-refractivity contribution in [1.29, 1.82) is 0 Å². The number of amides is 1. The third kappa shape index (κ3) is 3.17. The average Bonchev–Trinajstić information content (AvgIpc) is 2.29. The van der Waals surface area contributed by atoms with Crippen LogP contribution in [0.2, 0.25) is 5.02 Å². The molecule has 0 heterocycles. The van der Waals surface area contributed by atoms with Gasteiger partial charge in [0.15, 0.2) is 11.6 Å². The van der Waals surface area contributed by atoms with Gasteiger partial charge in [-0.1, -0.05) is 11.6 Å². The van der Waals surface area contributed by atoms with E-state index in [4.69, 9.17) is 16.7 Å². The molecule has 0 radical (unpaired) electrons. The molecule has 18 heavy (non-hydrogen) atoms. The summed E-state index contributed by atoms with van der Waals surface area (Å²) in [7, 11) is 0. The minimum absolute atomic E-state index is 0.103. The molecule has 6 heteroatoms. The van der Waals surface area contributed by atoms with E-state index in [1.807, 2.05) is 0 Å². The summed E-state index contributed by atoms with van der Waals surface area (Å²) in [6.07, 6.45) is 0. The van der Waals surface area contributed by atoms with Crippen LogP contribution in [0.4, 0.5) is 8.78 Å². The Morgan fingerprint density at radius 3 is 2.44 bits per heavy atom. The van der Waals surface area contributed by atoms with E-state index in [9.17, 15) is 13.6 Å². The smallest absolute Gasteiger partial charge is 0.255 e. The van der Waals surface area contributed by atoms with Gasteiger partial charge in [-0.2, -0.15) is 0 Å². The van der Waals surface area contributed by atoms with E-state index in [2.05, 4.69) is 0 Å². The summed E-state index contributed by atoms with van der Waals surface area (Å²) >= 11 is 5.73. The van der Waals surface area contributed by atoms with Crippen molar-refractivity contribution >= 4 is 17.5 Å². The Morgan fingerprint density at radius 1 is 1.39 bits per heavy atom. The zero-order valence-corrected chi connectivity index (χ0v) is 10.8. The second-order valence-corrected chi connectivity index (χ2v) is 4.47. The number of benzene rings is 1. The molecule has 0 aliphatic carbocycles. The molecular weight excluding hydrogens is 264 g/mol. The molecule has 1 N–H and O–H groups in total. The highest BCUT2D eigenvalue weighted by Gasteiger charge is 2.22. The normalized spacial score (nSPS) is 10.8. The standard InChI is InChI=1S/C12H14ClF2NO2/c1-7(2)16(3-4-17)12(18)8-5-10(14)11(15)6-9(8)13/h5-7,17H,3-4H2,1-2H3. The van der Waals surface area contributed by atoms with E-state index in [0.717, 1.165) is 12.1 Å². The number of aliphatic hydroxyl groups excluding tert-OH is 1. The van der Waals surface area contributed by atoms with Crippen molar-refractivity contribution in [3.05, 3.63) is 34.4 Å². The summed E-state index contributed by atoms with van der Waals surface area (Å²) in [5, 5.41) is 8.74. The van der Waals surface area contributed by atoms with E-state index in [-0.39, 0.29) is 29.8 Å². The van der Waals surface area contributed by atoms with Gasteiger partial charge in [0, 0.05) is 12.6 Å². The van der Waals surface area contributed by atoms with Crippen LogP contribution in [-0.2, 0) is 0 Å². The fourth-order valence-corrected chi connectivity index (χ4v) is 1.77. The van der Waals surface area contributed by atoms with Crippen LogP contribution < -0.4 is 0 Å². The van der Waals surface area contributed by atoms with Gasteiger partial charge in [-0.05, 0) is 26.0 Å². The number of aliphatic hydroxyl groups is 1. The molecule has 0 aliphatic heterocycles. The molecular formula is C12H14ClF2NO2. The Hall–Kier alpha value is -1.20. The monoisotopic (exact) mass is 277 g/mol. The van der Waals surface area contributed by atoms with Crippen LogP contribution in [0.25, 0.3) is 0 Å². The van der Waals surface area contributed by atoms with Crippen molar-refractivity contribution in [2.75, 3.05) is 13.2 Å². The molecule has 0 saturated carbocycles. The number of halogens is 3. The minimum atomic E-state index is -1.13. The van der Waals surface area contributed by atoms with Crippen molar-refractivity contribution < 1.29 is 18.7 Å². The van der Waals surface area contributed by atoms with Gasteiger partial charge in [0.2, 0.25) is 0 Å². The van der Waals surface area contributed by atoms with Gasteiger partial charge in [0.1, 0.15) is 0 Å². The lowest BCUT2D eigenvalue weighted by Gasteiger charge is -2.26.